The highest BCUT2D eigenvalue weighted by Crippen LogP contribution is 2.26. The lowest BCUT2D eigenvalue weighted by atomic mass is 10.0. The van der Waals surface area contributed by atoms with Crippen molar-refractivity contribution in [3.63, 3.8) is 0 Å². The standard InChI is InChI=1S/C20H28N2O5/c1-14(2)17(21-20(24)27-13-15-7-4-3-5-8-15)18(23)22-10-6-9-16(22)19-25-11-12-26-19/h3-5,7-8,14,16-17,19H,6,9-13H2,1-2H3,(H,21,24)/t16?,17-/m1/s1. The third-order valence-corrected chi connectivity index (χ3v) is 4.96. The number of amides is 2. The Morgan fingerprint density at radius 2 is 1.93 bits per heavy atom. The van der Waals surface area contributed by atoms with E-state index in [0.717, 1.165) is 18.4 Å². The predicted molar refractivity (Wildman–Crippen MR) is 98.8 cm³/mol. The van der Waals surface area contributed by atoms with Gasteiger partial charge in [-0.15, -0.1) is 0 Å². The number of ether oxygens (including phenoxy) is 3. The van der Waals surface area contributed by atoms with E-state index in [1.807, 2.05) is 44.2 Å². The molecule has 0 spiro atoms. The van der Waals surface area contributed by atoms with Crippen molar-refractivity contribution in [3.05, 3.63) is 35.9 Å². The van der Waals surface area contributed by atoms with Gasteiger partial charge in [0.05, 0.1) is 19.3 Å². The molecule has 0 radical (unpaired) electrons. The van der Waals surface area contributed by atoms with Crippen LogP contribution in [0.2, 0.25) is 0 Å². The number of likely N-dealkylation sites (tertiary alicyclic amines) is 1. The minimum Gasteiger partial charge on any atom is -0.445 e. The molecule has 1 aromatic rings. The maximum absolute atomic E-state index is 13.1. The van der Waals surface area contributed by atoms with Crippen molar-refractivity contribution in [2.75, 3.05) is 19.8 Å². The quantitative estimate of drug-likeness (QED) is 0.824. The summed E-state index contributed by atoms with van der Waals surface area (Å²) in [5, 5.41) is 2.74. The Balaban J connectivity index is 1.58. The van der Waals surface area contributed by atoms with Crippen LogP contribution in [-0.2, 0) is 25.6 Å². The normalized spacial score (nSPS) is 21.4. The van der Waals surface area contributed by atoms with Crippen LogP contribution in [0.3, 0.4) is 0 Å². The summed E-state index contributed by atoms with van der Waals surface area (Å²) in [5.74, 6) is -0.170. The van der Waals surface area contributed by atoms with E-state index in [2.05, 4.69) is 5.32 Å². The SMILES string of the molecule is CC(C)[C@@H](NC(=O)OCc1ccccc1)C(=O)N1CCCC1C1OCCO1. The lowest BCUT2D eigenvalue weighted by molar-refractivity contribution is -0.145. The van der Waals surface area contributed by atoms with Gasteiger partial charge < -0.3 is 24.4 Å². The van der Waals surface area contributed by atoms with Crippen LogP contribution in [0, 0.1) is 5.92 Å². The Morgan fingerprint density at radius 3 is 2.59 bits per heavy atom. The number of nitrogens with one attached hydrogen (secondary N) is 1. The predicted octanol–water partition coefficient (Wildman–Crippen LogP) is 2.30. The number of benzene rings is 1. The highest BCUT2D eigenvalue weighted by Gasteiger charge is 2.41. The van der Waals surface area contributed by atoms with Gasteiger partial charge in [-0.25, -0.2) is 4.79 Å². The first-order chi connectivity index (χ1) is 13.1. The number of hydrogen-bond donors (Lipinski definition) is 1. The molecule has 7 heteroatoms. The topological polar surface area (TPSA) is 77.1 Å². The molecular weight excluding hydrogens is 348 g/mol. The monoisotopic (exact) mass is 376 g/mol. The fourth-order valence-corrected chi connectivity index (χ4v) is 3.53. The first-order valence-corrected chi connectivity index (χ1v) is 9.57. The molecule has 1 N–H and O–H groups in total. The number of hydrogen-bond acceptors (Lipinski definition) is 5. The molecule has 2 atom stereocenters. The number of carbonyl (C=O) groups is 2. The molecule has 1 aromatic carbocycles. The van der Waals surface area contributed by atoms with Gasteiger partial charge in [-0.3, -0.25) is 4.79 Å². The number of nitrogens with zero attached hydrogens (tertiary/aromatic N) is 1. The van der Waals surface area contributed by atoms with Gasteiger partial charge in [-0.05, 0) is 24.3 Å². The van der Waals surface area contributed by atoms with Crippen LogP contribution >= 0.6 is 0 Å². The van der Waals surface area contributed by atoms with E-state index in [1.165, 1.54) is 0 Å². The van der Waals surface area contributed by atoms with Gasteiger partial charge in [0, 0.05) is 6.54 Å². The molecular formula is C20H28N2O5. The molecule has 0 aromatic heterocycles. The second-order valence-electron chi connectivity index (χ2n) is 7.28. The summed E-state index contributed by atoms with van der Waals surface area (Å²) in [6.07, 6.45) is 0.798. The number of carbonyl (C=O) groups excluding carboxylic acids is 2. The molecule has 27 heavy (non-hydrogen) atoms. The van der Waals surface area contributed by atoms with Crippen LogP contribution in [0.5, 0.6) is 0 Å². The molecule has 7 nitrogen and oxygen atoms in total. The fraction of sp³-hybridized carbons (Fsp3) is 0.600. The van der Waals surface area contributed by atoms with Crippen molar-refractivity contribution >= 4 is 12.0 Å². The summed E-state index contributed by atoms with van der Waals surface area (Å²) in [6.45, 7) is 5.75. The van der Waals surface area contributed by atoms with E-state index >= 15 is 0 Å². The van der Waals surface area contributed by atoms with Crippen molar-refractivity contribution in [2.24, 2.45) is 5.92 Å². The average Bonchev–Trinajstić information content (AvgIpc) is 3.35. The summed E-state index contributed by atoms with van der Waals surface area (Å²) in [4.78, 5) is 27.1. The average molecular weight is 376 g/mol. The molecule has 148 valence electrons. The smallest absolute Gasteiger partial charge is 0.408 e. The molecule has 0 saturated carbocycles. The fourth-order valence-electron chi connectivity index (χ4n) is 3.53. The summed E-state index contributed by atoms with van der Waals surface area (Å²) >= 11 is 0. The van der Waals surface area contributed by atoms with E-state index in [4.69, 9.17) is 14.2 Å². The van der Waals surface area contributed by atoms with Gasteiger partial charge in [0.2, 0.25) is 5.91 Å². The van der Waals surface area contributed by atoms with Gasteiger partial charge in [-0.2, -0.15) is 0 Å². The minimum absolute atomic E-state index is 0.0616. The highest BCUT2D eigenvalue weighted by molar-refractivity contribution is 5.86. The van der Waals surface area contributed by atoms with Crippen molar-refractivity contribution in [2.45, 2.75) is 51.7 Å². The van der Waals surface area contributed by atoms with E-state index in [9.17, 15) is 9.59 Å². The van der Waals surface area contributed by atoms with Crippen LogP contribution in [-0.4, -0.2) is 55.0 Å². The lowest BCUT2D eigenvalue weighted by Crippen LogP contribution is -2.54. The Labute approximate surface area is 160 Å². The zero-order valence-electron chi connectivity index (χ0n) is 15.9. The Kier molecular flexibility index (Phi) is 6.68. The van der Waals surface area contributed by atoms with E-state index < -0.39 is 12.1 Å². The minimum atomic E-state index is -0.643. The largest absolute Gasteiger partial charge is 0.445 e. The molecule has 0 aliphatic carbocycles. The summed E-state index contributed by atoms with van der Waals surface area (Å²) in [5.41, 5.74) is 0.898. The third-order valence-electron chi connectivity index (χ3n) is 4.96. The van der Waals surface area contributed by atoms with Gasteiger partial charge in [0.15, 0.2) is 6.29 Å². The van der Waals surface area contributed by atoms with Gasteiger partial charge in [-0.1, -0.05) is 44.2 Å². The summed E-state index contributed by atoms with van der Waals surface area (Å²) < 4.78 is 16.5. The number of alkyl carbamates (subject to hydrolysis) is 1. The molecule has 2 fully saturated rings. The molecule has 3 rings (SSSR count). The molecule has 2 saturated heterocycles. The third kappa shape index (κ3) is 4.99. The highest BCUT2D eigenvalue weighted by atomic mass is 16.7. The molecule has 2 heterocycles. The van der Waals surface area contributed by atoms with Crippen molar-refractivity contribution in [1.82, 2.24) is 10.2 Å². The van der Waals surface area contributed by atoms with E-state index in [1.54, 1.807) is 4.90 Å². The zero-order chi connectivity index (χ0) is 19.2. The van der Waals surface area contributed by atoms with E-state index in [-0.39, 0.29) is 30.8 Å². The second kappa shape index (κ2) is 9.19. The van der Waals surface area contributed by atoms with Crippen LogP contribution in [0.25, 0.3) is 0 Å². The second-order valence-corrected chi connectivity index (χ2v) is 7.28. The maximum Gasteiger partial charge on any atom is 0.408 e. The van der Waals surface area contributed by atoms with Crippen LogP contribution in [0.4, 0.5) is 4.79 Å². The molecule has 2 amide bonds. The van der Waals surface area contributed by atoms with Crippen molar-refractivity contribution in [1.29, 1.82) is 0 Å². The van der Waals surface area contributed by atoms with Gasteiger partial charge >= 0.3 is 6.09 Å². The molecule has 1 unspecified atom stereocenters. The van der Waals surface area contributed by atoms with E-state index in [0.29, 0.717) is 19.8 Å². The maximum atomic E-state index is 13.1. The molecule has 2 aliphatic heterocycles. The zero-order valence-corrected chi connectivity index (χ0v) is 15.9. The number of rotatable bonds is 6. The summed E-state index contributed by atoms with van der Waals surface area (Å²) in [6, 6.07) is 8.71. The summed E-state index contributed by atoms with van der Waals surface area (Å²) in [7, 11) is 0. The molecule has 0 bridgehead atoms. The van der Waals surface area contributed by atoms with Gasteiger partial charge in [0.1, 0.15) is 12.6 Å². The van der Waals surface area contributed by atoms with Crippen LogP contribution < -0.4 is 5.32 Å². The Morgan fingerprint density at radius 1 is 1.22 bits per heavy atom. The van der Waals surface area contributed by atoms with Crippen LogP contribution in [0.1, 0.15) is 32.3 Å². The van der Waals surface area contributed by atoms with Crippen LogP contribution in [0.15, 0.2) is 30.3 Å². The lowest BCUT2D eigenvalue weighted by Gasteiger charge is -2.32. The first kappa shape index (κ1) is 19.6. The molecule has 2 aliphatic rings. The van der Waals surface area contributed by atoms with Crippen molar-refractivity contribution < 1.29 is 23.8 Å². The van der Waals surface area contributed by atoms with Crippen molar-refractivity contribution in [3.8, 4) is 0 Å². The van der Waals surface area contributed by atoms with Gasteiger partial charge in [0.25, 0.3) is 0 Å². The first-order valence-electron chi connectivity index (χ1n) is 9.57. The Bertz CT molecular complexity index is 631. The Hall–Kier alpha value is -2.12.